The Bertz CT molecular complexity index is 1040. The summed E-state index contributed by atoms with van der Waals surface area (Å²) >= 11 is 0. The first-order valence-corrected chi connectivity index (χ1v) is 9.36. The van der Waals surface area contributed by atoms with Gasteiger partial charge in [0.05, 0.1) is 18.3 Å². The molecule has 3 atom stereocenters. The minimum Gasteiger partial charge on any atom is -0.477 e. The first kappa shape index (κ1) is 19.3. The highest BCUT2D eigenvalue weighted by atomic mass is 19.1. The first-order valence-electron chi connectivity index (χ1n) is 9.36. The fourth-order valence-electron chi connectivity index (χ4n) is 4.30. The highest BCUT2D eigenvalue weighted by Crippen LogP contribution is 2.41. The summed E-state index contributed by atoms with van der Waals surface area (Å²) < 4.78 is 21.3. The van der Waals surface area contributed by atoms with Crippen molar-refractivity contribution in [3.8, 4) is 0 Å². The molecule has 2 aromatic rings. The van der Waals surface area contributed by atoms with Crippen LogP contribution in [-0.4, -0.2) is 56.8 Å². The molecule has 1 aliphatic carbocycles. The number of nitrogens with zero attached hydrogens (tertiary/aromatic N) is 4. The number of carbonyl (C=O) groups excluding carboxylic acids is 1. The molecule has 1 N–H and O–H groups in total. The van der Waals surface area contributed by atoms with Crippen molar-refractivity contribution in [1.29, 1.82) is 0 Å². The van der Waals surface area contributed by atoms with Crippen LogP contribution in [0.25, 0.3) is 5.65 Å². The van der Waals surface area contributed by atoms with Crippen LogP contribution in [0.2, 0.25) is 0 Å². The molecule has 3 heterocycles. The topological polar surface area (TPSA) is 97.0 Å². The molecule has 29 heavy (non-hydrogen) atoms. The van der Waals surface area contributed by atoms with Gasteiger partial charge in [-0.1, -0.05) is 6.92 Å². The number of allylic oxidation sites excluding steroid dienone is 2. The second-order valence-corrected chi connectivity index (χ2v) is 7.28. The molecule has 2 aliphatic rings. The van der Waals surface area contributed by atoms with Crippen LogP contribution >= 0.6 is 0 Å². The van der Waals surface area contributed by atoms with Crippen molar-refractivity contribution in [2.24, 2.45) is 5.92 Å². The van der Waals surface area contributed by atoms with Gasteiger partial charge in [0.2, 0.25) is 0 Å². The molecule has 1 aliphatic heterocycles. The quantitative estimate of drug-likeness (QED) is 0.823. The van der Waals surface area contributed by atoms with Crippen LogP contribution in [0.5, 0.6) is 0 Å². The smallest absolute Gasteiger partial charge is 0.341 e. The van der Waals surface area contributed by atoms with Crippen molar-refractivity contribution in [2.45, 2.75) is 31.4 Å². The number of Topliss-reactive ketones (excluding diaryl/α,β-unsaturated/α-hetero) is 1. The molecule has 0 aromatic carbocycles. The highest BCUT2D eigenvalue weighted by Gasteiger charge is 2.47. The van der Waals surface area contributed by atoms with Gasteiger partial charge in [0.15, 0.2) is 11.4 Å². The van der Waals surface area contributed by atoms with E-state index in [2.05, 4.69) is 10.1 Å². The lowest BCUT2D eigenvalue weighted by atomic mass is 9.76. The molecule has 0 spiro atoms. The van der Waals surface area contributed by atoms with E-state index in [1.807, 2.05) is 6.92 Å². The van der Waals surface area contributed by atoms with Crippen LogP contribution in [0.3, 0.4) is 0 Å². The Morgan fingerprint density at radius 3 is 2.97 bits per heavy atom. The van der Waals surface area contributed by atoms with Gasteiger partial charge in [-0.15, -0.1) is 0 Å². The number of carbonyl (C=O) groups is 2. The maximum Gasteiger partial charge on any atom is 0.341 e. The van der Waals surface area contributed by atoms with Gasteiger partial charge < -0.3 is 14.7 Å². The number of anilines is 1. The number of fused-ring (bicyclic) bond motifs is 1. The Kier molecular flexibility index (Phi) is 4.70. The summed E-state index contributed by atoms with van der Waals surface area (Å²) in [6.45, 7) is 2.07. The molecule has 0 bridgehead atoms. The van der Waals surface area contributed by atoms with Crippen LogP contribution in [-0.2, 0) is 9.53 Å². The van der Waals surface area contributed by atoms with E-state index >= 15 is 0 Å². The SMILES string of the molecule is CCC1(OC)C=CC(F)=CC1C1CC(=O)CN1c1ccn2ncc(C(=O)O)c2n1. The second kappa shape index (κ2) is 7.07. The number of ether oxygens (including phenoxy) is 1. The summed E-state index contributed by atoms with van der Waals surface area (Å²) in [5, 5.41) is 13.3. The standard InChI is InChI=1S/C20H21FN4O4/c1-3-20(29-2)6-4-12(21)8-15(20)16-9-13(26)11-24(16)17-5-7-25-18(23-17)14(10-22-25)19(27)28/h4-8,10,15-16H,3,9,11H2,1-2H3,(H,27,28). The summed E-state index contributed by atoms with van der Waals surface area (Å²) in [5.41, 5.74) is -0.581. The van der Waals surface area contributed by atoms with Crippen molar-refractivity contribution in [3.05, 3.63) is 48.1 Å². The number of carboxylic acids is 1. The summed E-state index contributed by atoms with van der Waals surface area (Å²) in [7, 11) is 1.58. The lowest BCUT2D eigenvalue weighted by Crippen LogP contribution is -2.49. The normalized spacial score (nSPS) is 26.9. The van der Waals surface area contributed by atoms with E-state index < -0.39 is 17.5 Å². The van der Waals surface area contributed by atoms with Crippen LogP contribution in [0.15, 0.2) is 42.5 Å². The molecule has 4 rings (SSSR count). The molecule has 0 saturated carbocycles. The van der Waals surface area contributed by atoms with E-state index in [-0.39, 0.29) is 41.8 Å². The predicted molar refractivity (Wildman–Crippen MR) is 103 cm³/mol. The van der Waals surface area contributed by atoms with Crippen molar-refractivity contribution >= 4 is 23.2 Å². The molecular formula is C20H21FN4O4. The third-order valence-electron chi connectivity index (χ3n) is 5.84. The van der Waals surface area contributed by atoms with Crippen molar-refractivity contribution in [1.82, 2.24) is 14.6 Å². The van der Waals surface area contributed by atoms with E-state index in [0.717, 1.165) is 0 Å². The molecule has 3 unspecified atom stereocenters. The van der Waals surface area contributed by atoms with Gasteiger partial charge in [0.1, 0.15) is 17.2 Å². The van der Waals surface area contributed by atoms with E-state index in [1.165, 1.54) is 22.9 Å². The second-order valence-electron chi connectivity index (χ2n) is 7.28. The molecule has 1 saturated heterocycles. The zero-order valence-electron chi connectivity index (χ0n) is 16.1. The number of hydrogen-bond donors (Lipinski definition) is 1. The number of aromatic carboxylic acids is 1. The monoisotopic (exact) mass is 400 g/mol. The average molecular weight is 400 g/mol. The maximum absolute atomic E-state index is 14.2. The van der Waals surface area contributed by atoms with E-state index in [4.69, 9.17) is 4.74 Å². The number of ketones is 1. The lowest BCUT2D eigenvalue weighted by Gasteiger charge is -2.42. The Balaban J connectivity index is 1.78. The highest BCUT2D eigenvalue weighted by molar-refractivity contribution is 5.94. The van der Waals surface area contributed by atoms with Crippen LogP contribution in [0.1, 0.15) is 30.1 Å². The number of carboxylic acid groups (broad SMARTS) is 1. The van der Waals surface area contributed by atoms with Crippen molar-refractivity contribution in [3.63, 3.8) is 0 Å². The summed E-state index contributed by atoms with van der Waals surface area (Å²) in [4.78, 5) is 30.1. The summed E-state index contributed by atoms with van der Waals surface area (Å²) in [6, 6.07) is 1.31. The van der Waals surface area contributed by atoms with Gasteiger partial charge >= 0.3 is 5.97 Å². The fourth-order valence-corrected chi connectivity index (χ4v) is 4.30. The largest absolute Gasteiger partial charge is 0.477 e. The van der Waals surface area contributed by atoms with Gasteiger partial charge in [-0.2, -0.15) is 5.10 Å². The maximum atomic E-state index is 14.2. The average Bonchev–Trinajstić information content (AvgIpc) is 3.31. The van der Waals surface area contributed by atoms with Crippen LogP contribution in [0, 0.1) is 5.92 Å². The van der Waals surface area contributed by atoms with Gasteiger partial charge in [-0.05, 0) is 30.7 Å². The number of rotatable bonds is 5. The molecule has 1 fully saturated rings. The van der Waals surface area contributed by atoms with Gasteiger partial charge in [0, 0.05) is 31.7 Å². The number of halogens is 1. The van der Waals surface area contributed by atoms with Gasteiger partial charge in [-0.3, -0.25) is 4.79 Å². The Morgan fingerprint density at radius 2 is 2.28 bits per heavy atom. The molecule has 0 amide bonds. The first-order chi connectivity index (χ1) is 13.9. The molecule has 9 heteroatoms. The fraction of sp³-hybridized carbons (Fsp3) is 0.400. The van der Waals surface area contributed by atoms with E-state index in [9.17, 15) is 19.1 Å². The number of hydrogen-bond acceptors (Lipinski definition) is 6. The Hall–Kier alpha value is -3.07. The zero-order chi connectivity index (χ0) is 20.8. The van der Waals surface area contributed by atoms with Gasteiger partial charge in [0.25, 0.3) is 0 Å². The predicted octanol–water partition coefficient (Wildman–Crippen LogP) is 2.41. The minimum atomic E-state index is -1.13. The van der Waals surface area contributed by atoms with Crippen molar-refractivity contribution < 1.29 is 23.8 Å². The molecular weight excluding hydrogens is 379 g/mol. The van der Waals surface area contributed by atoms with Crippen LogP contribution in [0.4, 0.5) is 10.2 Å². The number of aromatic nitrogens is 3. The third-order valence-corrected chi connectivity index (χ3v) is 5.84. The van der Waals surface area contributed by atoms with E-state index in [0.29, 0.717) is 12.2 Å². The molecule has 0 radical (unpaired) electrons. The molecule has 2 aromatic heterocycles. The number of methoxy groups -OCH3 is 1. The Morgan fingerprint density at radius 1 is 1.48 bits per heavy atom. The summed E-state index contributed by atoms with van der Waals surface area (Å²) in [6.07, 6.45) is 8.27. The van der Waals surface area contributed by atoms with Gasteiger partial charge in [-0.25, -0.2) is 18.7 Å². The minimum absolute atomic E-state index is 0.00751. The lowest BCUT2D eigenvalue weighted by molar-refractivity contribution is -0.116. The summed E-state index contributed by atoms with van der Waals surface area (Å²) in [5.74, 6) is -1.46. The zero-order valence-corrected chi connectivity index (χ0v) is 16.1. The van der Waals surface area contributed by atoms with Crippen LogP contribution < -0.4 is 4.90 Å². The third kappa shape index (κ3) is 3.11. The molecule has 152 valence electrons. The van der Waals surface area contributed by atoms with Crippen molar-refractivity contribution in [2.75, 3.05) is 18.6 Å². The Labute approximate surface area is 166 Å². The van der Waals surface area contributed by atoms with E-state index in [1.54, 1.807) is 30.3 Å². The molecule has 8 nitrogen and oxygen atoms in total.